The monoisotopic (exact) mass is 276 g/mol. The molecule has 0 saturated carbocycles. The second-order valence-electron chi connectivity index (χ2n) is 4.52. The molecule has 0 saturated heterocycles. The van der Waals surface area contributed by atoms with Crippen LogP contribution in [0.3, 0.4) is 0 Å². The Bertz CT molecular complexity index is 827. The van der Waals surface area contributed by atoms with Crippen molar-refractivity contribution in [3.8, 4) is 0 Å². The lowest BCUT2D eigenvalue weighted by Crippen LogP contribution is -1.96. The Morgan fingerprint density at radius 2 is 1.52 bits per heavy atom. The molecular weight excluding hydrogens is 264 g/mol. The molecule has 0 fully saturated rings. The van der Waals surface area contributed by atoms with Gasteiger partial charge in [-0.15, -0.1) is 5.11 Å². The number of nitrogens with zero attached hydrogens (tertiary/aromatic N) is 2. The highest BCUT2D eigenvalue weighted by molar-refractivity contribution is 6.04. The molecule has 4 nitrogen and oxygen atoms in total. The van der Waals surface area contributed by atoms with Crippen LogP contribution in [-0.2, 0) is 0 Å². The van der Waals surface area contributed by atoms with Gasteiger partial charge in [-0.2, -0.15) is 5.11 Å². The Morgan fingerprint density at radius 1 is 0.810 bits per heavy atom. The Kier molecular flexibility index (Phi) is 3.43. The Hall–Kier alpha value is -3.01. The highest BCUT2D eigenvalue weighted by atomic mass is 16.4. The molecule has 0 aliphatic rings. The highest BCUT2D eigenvalue weighted by Gasteiger charge is 2.13. The number of aromatic carboxylic acids is 1. The van der Waals surface area contributed by atoms with E-state index in [-0.39, 0.29) is 5.56 Å². The molecule has 102 valence electrons. The van der Waals surface area contributed by atoms with Crippen LogP contribution in [0.5, 0.6) is 0 Å². The molecule has 4 heteroatoms. The van der Waals surface area contributed by atoms with Gasteiger partial charge in [0.15, 0.2) is 0 Å². The van der Waals surface area contributed by atoms with Crippen molar-refractivity contribution in [2.45, 2.75) is 0 Å². The number of hydrogen-bond acceptors (Lipinski definition) is 3. The summed E-state index contributed by atoms with van der Waals surface area (Å²) in [6.45, 7) is 0. The first-order valence-corrected chi connectivity index (χ1v) is 6.47. The second kappa shape index (κ2) is 5.54. The Balaban J connectivity index is 2.17. The average Bonchev–Trinajstić information content (AvgIpc) is 2.53. The topological polar surface area (TPSA) is 62.0 Å². The van der Waals surface area contributed by atoms with Crippen molar-refractivity contribution >= 4 is 28.1 Å². The molecule has 0 radical (unpaired) electrons. The van der Waals surface area contributed by atoms with E-state index >= 15 is 0 Å². The lowest BCUT2D eigenvalue weighted by atomic mass is 10.0. The SMILES string of the molecule is O=C(O)c1ccc2ccccc2c1N=Nc1ccccc1. The molecule has 0 aliphatic carbocycles. The van der Waals surface area contributed by atoms with Crippen molar-refractivity contribution in [3.05, 3.63) is 72.3 Å². The van der Waals surface area contributed by atoms with Crippen molar-refractivity contribution in [2.24, 2.45) is 10.2 Å². The molecule has 0 unspecified atom stereocenters. The highest BCUT2D eigenvalue weighted by Crippen LogP contribution is 2.31. The molecule has 0 amide bonds. The molecule has 3 rings (SSSR count). The quantitative estimate of drug-likeness (QED) is 0.688. The Labute approximate surface area is 121 Å². The zero-order valence-corrected chi connectivity index (χ0v) is 11.1. The molecular formula is C17H12N2O2. The largest absolute Gasteiger partial charge is 0.478 e. The number of azo groups is 1. The van der Waals surface area contributed by atoms with E-state index in [0.29, 0.717) is 11.4 Å². The summed E-state index contributed by atoms with van der Waals surface area (Å²) in [5.74, 6) is -1.01. The van der Waals surface area contributed by atoms with Gasteiger partial charge in [0.2, 0.25) is 0 Å². The molecule has 21 heavy (non-hydrogen) atoms. The van der Waals surface area contributed by atoms with Crippen LogP contribution >= 0.6 is 0 Å². The summed E-state index contributed by atoms with van der Waals surface area (Å²) in [4.78, 5) is 11.4. The molecule has 3 aromatic carbocycles. The second-order valence-corrected chi connectivity index (χ2v) is 4.52. The van der Waals surface area contributed by atoms with E-state index < -0.39 is 5.97 Å². The molecule has 0 spiro atoms. The fourth-order valence-corrected chi connectivity index (χ4v) is 2.14. The predicted octanol–water partition coefficient (Wildman–Crippen LogP) is 4.95. The van der Waals surface area contributed by atoms with E-state index in [1.807, 2.05) is 54.6 Å². The van der Waals surface area contributed by atoms with Crippen LogP contribution in [0.4, 0.5) is 11.4 Å². The van der Waals surface area contributed by atoms with Gasteiger partial charge in [-0.05, 0) is 23.6 Å². The maximum absolute atomic E-state index is 11.4. The first-order valence-electron chi connectivity index (χ1n) is 6.47. The minimum absolute atomic E-state index is 0.147. The van der Waals surface area contributed by atoms with Gasteiger partial charge in [0.1, 0.15) is 5.69 Å². The number of hydrogen-bond donors (Lipinski definition) is 1. The van der Waals surface area contributed by atoms with Crippen molar-refractivity contribution in [1.29, 1.82) is 0 Å². The molecule has 3 aromatic rings. The lowest BCUT2D eigenvalue weighted by molar-refractivity contribution is 0.0698. The molecule has 0 aliphatic heterocycles. The van der Waals surface area contributed by atoms with E-state index in [4.69, 9.17) is 0 Å². The zero-order chi connectivity index (χ0) is 14.7. The number of carboxylic acids is 1. The van der Waals surface area contributed by atoms with Crippen LogP contribution in [0.1, 0.15) is 10.4 Å². The van der Waals surface area contributed by atoms with E-state index in [2.05, 4.69) is 10.2 Å². The van der Waals surface area contributed by atoms with Crippen molar-refractivity contribution in [1.82, 2.24) is 0 Å². The summed E-state index contributed by atoms with van der Waals surface area (Å²) in [6.07, 6.45) is 0. The predicted molar refractivity (Wildman–Crippen MR) is 81.5 cm³/mol. The van der Waals surface area contributed by atoms with E-state index in [1.165, 1.54) is 0 Å². The van der Waals surface area contributed by atoms with Gasteiger partial charge < -0.3 is 5.11 Å². The van der Waals surface area contributed by atoms with Crippen LogP contribution in [-0.4, -0.2) is 11.1 Å². The van der Waals surface area contributed by atoms with Gasteiger partial charge in [-0.3, -0.25) is 0 Å². The molecule has 0 aromatic heterocycles. The van der Waals surface area contributed by atoms with E-state index in [0.717, 1.165) is 10.8 Å². The van der Waals surface area contributed by atoms with Gasteiger partial charge in [0.05, 0.1) is 11.3 Å². The van der Waals surface area contributed by atoms with E-state index in [1.54, 1.807) is 12.1 Å². The van der Waals surface area contributed by atoms with E-state index in [9.17, 15) is 9.90 Å². The number of rotatable bonds is 3. The summed E-state index contributed by atoms with van der Waals surface area (Å²) < 4.78 is 0. The van der Waals surface area contributed by atoms with Crippen LogP contribution in [0, 0.1) is 0 Å². The molecule has 0 atom stereocenters. The first kappa shape index (κ1) is 13.0. The summed E-state index contributed by atoms with van der Waals surface area (Å²) >= 11 is 0. The van der Waals surface area contributed by atoms with Crippen molar-refractivity contribution in [3.63, 3.8) is 0 Å². The third kappa shape index (κ3) is 2.65. The number of fused-ring (bicyclic) bond motifs is 1. The Morgan fingerprint density at radius 3 is 2.29 bits per heavy atom. The summed E-state index contributed by atoms with van der Waals surface area (Å²) in [7, 11) is 0. The minimum Gasteiger partial charge on any atom is -0.478 e. The van der Waals surface area contributed by atoms with Gasteiger partial charge >= 0.3 is 5.97 Å². The summed E-state index contributed by atoms with van der Waals surface area (Å²) in [6, 6.07) is 20.1. The maximum atomic E-state index is 11.4. The van der Waals surface area contributed by atoms with Crippen LogP contribution in [0.25, 0.3) is 10.8 Å². The number of carbonyl (C=O) groups is 1. The average molecular weight is 276 g/mol. The van der Waals surface area contributed by atoms with Gasteiger partial charge in [-0.25, -0.2) is 4.79 Å². The van der Waals surface area contributed by atoms with Gasteiger partial charge in [0.25, 0.3) is 0 Å². The fourth-order valence-electron chi connectivity index (χ4n) is 2.14. The lowest BCUT2D eigenvalue weighted by Gasteiger charge is -2.05. The van der Waals surface area contributed by atoms with Crippen molar-refractivity contribution < 1.29 is 9.90 Å². The summed E-state index contributed by atoms with van der Waals surface area (Å²) in [5, 5.41) is 19.3. The smallest absolute Gasteiger partial charge is 0.337 e. The van der Waals surface area contributed by atoms with Crippen LogP contribution in [0.2, 0.25) is 0 Å². The van der Waals surface area contributed by atoms with Crippen LogP contribution in [0.15, 0.2) is 77.0 Å². The van der Waals surface area contributed by atoms with Gasteiger partial charge in [-0.1, -0.05) is 48.5 Å². The van der Waals surface area contributed by atoms with Crippen LogP contribution < -0.4 is 0 Å². The standard InChI is InChI=1S/C17H12N2O2/c20-17(21)15-11-10-12-6-4-5-9-14(12)16(15)19-18-13-7-2-1-3-8-13/h1-11H,(H,20,21). The molecule has 0 bridgehead atoms. The third-order valence-corrected chi connectivity index (χ3v) is 3.15. The third-order valence-electron chi connectivity index (χ3n) is 3.15. The fraction of sp³-hybridized carbons (Fsp3) is 0. The number of carboxylic acid groups (broad SMARTS) is 1. The first-order chi connectivity index (χ1) is 10.3. The summed E-state index contributed by atoms with van der Waals surface area (Å²) in [5.41, 5.74) is 1.21. The maximum Gasteiger partial charge on any atom is 0.337 e. The zero-order valence-electron chi connectivity index (χ0n) is 11.1. The molecule has 0 heterocycles. The normalized spacial score (nSPS) is 11.0. The van der Waals surface area contributed by atoms with Crippen molar-refractivity contribution in [2.75, 3.05) is 0 Å². The number of benzene rings is 3. The van der Waals surface area contributed by atoms with Gasteiger partial charge in [0, 0.05) is 5.39 Å². The molecule has 1 N–H and O–H groups in total. The minimum atomic E-state index is -1.01.